The lowest BCUT2D eigenvalue weighted by Gasteiger charge is -2.35. The van der Waals surface area contributed by atoms with Gasteiger partial charge in [0.2, 0.25) is 5.91 Å². The highest BCUT2D eigenvalue weighted by molar-refractivity contribution is 5.93. The molecule has 150 valence electrons. The van der Waals surface area contributed by atoms with Gasteiger partial charge in [0, 0.05) is 23.5 Å². The van der Waals surface area contributed by atoms with Crippen molar-refractivity contribution in [2.75, 3.05) is 6.54 Å². The Morgan fingerprint density at radius 3 is 2.52 bits per heavy atom. The highest BCUT2D eigenvalue weighted by Crippen LogP contribution is 2.25. The lowest BCUT2D eigenvalue weighted by atomic mass is 10.00. The molecule has 5 heteroatoms. The first-order valence-corrected chi connectivity index (χ1v) is 10.4. The Hall–Kier alpha value is -2.95. The fourth-order valence-electron chi connectivity index (χ4n) is 4.24. The van der Waals surface area contributed by atoms with Crippen LogP contribution in [0.4, 0.5) is 0 Å². The van der Waals surface area contributed by atoms with E-state index in [-0.39, 0.29) is 24.1 Å². The fourth-order valence-corrected chi connectivity index (χ4v) is 4.24. The number of aromatic nitrogens is 2. The molecule has 29 heavy (non-hydrogen) atoms. The third-order valence-electron chi connectivity index (χ3n) is 5.90. The number of benzene rings is 2. The summed E-state index contributed by atoms with van der Waals surface area (Å²) in [5, 5.41) is 6.05. The third kappa shape index (κ3) is 3.82. The molecule has 0 unspecified atom stereocenters. The molecule has 0 radical (unpaired) electrons. The number of carbonyl (C=O) groups is 1. The summed E-state index contributed by atoms with van der Waals surface area (Å²) >= 11 is 0. The number of rotatable bonds is 4. The number of carbonyl (C=O) groups excluding carboxylic acids is 1. The van der Waals surface area contributed by atoms with Gasteiger partial charge in [-0.25, -0.2) is 4.68 Å². The molecule has 0 saturated carbocycles. The summed E-state index contributed by atoms with van der Waals surface area (Å²) in [5.74, 6) is -0.0173. The zero-order chi connectivity index (χ0) is 20.4. The zero-order valence-electron chi connectivity index (χ0n) is 17.1. The Morgan fingerprint density at radius 1 is 1.07 bits per heavy atom. The molecular formula is C24H27N3O2. The van der Waals surface area contributed by atoms with E-state index in [0.717, 1.165) is 54.4 Å². The summed E-state index contributed by atoms with van der Waals surface area (Å²) in [5.41, 5.74) is 2.63. The van der Waals surface area contributed by atoms with Gasteiger partial charge in [-0.1, -0.05) is 55.0 Å². The minimum atomic E-state index is -0.213. The second kappa shape index (κ2) is 8.19. The molecule has 4 rings (SSSR count). The van der Waals surface area contributed by atoms with Gasteiger partial charge < -0.3 is 4.90 Å². The number of likely N-dealkylation sites (tertiary alicyclic amines) is 1. The van der Waals surface area contributed by atoms with Crippen LogP contribution in [0.5, 0.6) is 0 Å². The van der Waals surface area contributed by atoms with E-state index in [0.29, 0.717) is 5.39 Å². The molecule has 5 nitrogen and oxygen atoms in total. The van der Waals surface area contributed by atoms with Gasteiger partial charge in [0.25, 0.3) is 5.56 Å². The summed E-state index contributed by atoms with van der Waals surface area (Å²) in [6.07, 6.45) is 4.17. The lowest BCUT2D eigenvalue weighted by Crippen LogP contribution is -2.46. The molecule has 0 bridgehead atoms. The topological polar surface area (TPSA) is 55.2 Å². The Morgan fingerprint density at radius 2 is 1.79 bits per heavy atom. The molecule has 0 N–H and O–H groups in total. The van der Waals surface area contributed by atoms with Crippen LogP contribution in [0.1, 0.15) is 38.2 Å². The van der Waals surface area contributed by atoms with Crippen molar-refractivity contribution in [2.24, 2.45) is 0 Å². The maximum absolute atomic E-state index is 13.1. The average molecular weight is 389 g/mol. The van der Waals surface area contributed by atoms with Crippen molar-refractivity contribution < 1.29 is 4.79 Å². The number of hydrogen-bond donors (Lipinski definition) is 0. The summed E-state index contributed by atoms with van der Waals surface area (Å²) in [6.45, 7) is 4.91. The largest absolute Gasteiger partial charge is 0.338 e. The normalized spacial score (nSPS) is 16.9. The van der Waals surface area contributed by atoms with Crippen LogP contribution in [0.3, 0.4) is 0 Å². The van der Waals surface area contributed by atoms with Crippen LogP contribution in [0.25, 0.3) is 22.0 Å². The van der Waals surface area contributed by atoms with Crippen molar-refractivity contribution in [1.82, 2.24) is 14.7 Å². The van der Waals surface area contributed by atoms with Gasteiger partial charge in [0.05, 0.1) is 11.1 Å². The summed E-state index contributed by atoms with van der Waals surface area (Å²) in [4.78, 5) is 28.1. The van der Waals surface area contributed by atoms with E-state index in [2.05, 4.69) is 12.0 Å². The minimum absolute atomic E-state index is 0.0149. The number of aryl methyl sites for hydroxylation is 1. The van der Waals surface area contributed by atoms with E-state index in [1.54, 1.807) is 0 Å². The Kier molecular flexibility index (Phi) is 5.47. The van der Waals surface area contributed by atoms with Crippen LogP contribution in [0, 0.1) is 6.92 Å². The van der Waals surface area contributed by atoms with Crippen LogP contribution in [-0.2, 0) is 11.3 Å². The maximum Gasteiger partial charge on any atom is 0.275 e. The first-order chi connectivity index (χ1) is 14.1. The maximum atomic E-state index is 13.1. The second-order valence-corrected chi connectivity index (χ2v) is 7.87. The molecular weight excluding hydrogens is 362 g/mol. The van der Waals surface area contributed by atoms with Gasteiger partial charge in [-0.15, -0.1) is 0 Å². The number of hydrogen-bond acceptors (Lipinski definition) is 3. The number of nitrogens with zero attached hydrogens (tertiary/aromatic N) is 3. The Bertz CT molecular complexity index is 1090. The van der Waals surface area contributed by atoms with E-state index in [9.17, 15) is 9.59 Å². The van der Waals surface area contributed by atoms with Crippen molar-refractivity contribution in [3.63, 3.8) is 0 Å². The number of fused-ring (bicyclic) bond motifs is 1. The Balaban J connectivity index is 1.76. The van der Waals surface area contributed by atoms with Gasteiger partial charge in [0.1, 0.15) is 6.54 Å². The van der Waals surface area contributed by atoms with E-state index in [1.165, 1.54) is 4.68 Å². The predicted molar refractivity (Wildman–Crippen MR) is 116 cm³/mol. The monoisotopic (exact) mass is 389 g/mol. The highest BCUT2D eigenvalue weighted by atomic mass is 16.2. The quantitative estimate of drug-likeness (QED) is 0.673. The molecule has 1 saturated heterocycles. The van der Waals surface area contributed by atoms with Crippen molar-refractivity contribution >= 4 is 16.7 Å². The highest BCUT2D eigenvalue weighted by Gasteiger charge is 2.26. The first-order valence-electron chi connectivity index (χ1n) is 10.4. The molecule has 1 aromatic heterocycles. The smallest absolute Gasteiger partial charge is 0.275 e. The van der Waals surface area contributed by atoms with Gasteiger partial charge in [-0.05, 0) is 38.7 Å². The van der Waals surface area contributed by atoms with E-state index in [1.807, 2.05) is 60.4 Å². The zero-order valence-corrected chi connectivity index (χ0v) is 17.1. The van der Waals surface area contributed by atoms with Crippen LogP contribution in [0.15, 0.2) is 53.3 Å². The lowest BCUT2D eigenvalue weighted by molar-refractivity contribution is -0.135. The first kappa shape index (κ1) is 19.4. The van der Waals surface area contributed by atoms with Crippen LogP contribution >= 0.6 is 0 Å². The molecule has 1 atom stereocenters. The molecule has 1 aliphatic rings. The standard InChI is InChI=1S/C24H27N3O2/c1-3-19-8-6-7-15-26(19)22(28)16-27-24(29)21-10-5-4-9-20(21)23(25-27)18-13-11-17(2)12-14-18/h4-5,9-14,19H,3,6-8,15-16H2,1-2H3/t19-/m0/s1. The van der Waals surface area contributed by atoms with Crippen molar-refractivity contribution in [3.05, 3.63) is 64.4 Å². The van der Waals surface area contributed by atoms with Crippen molar-refractivity contribution in [1.29, 1.82) is 0 Å². The summed E-state index contributed by atoms with van der Waals surface area (Å²) < 4.78 is 1.35. The molecule has 1 fully saturated rings. The molecule has 2 heterocycles. The molecule has 2 aromatic carbocycles. The molecule has 3 aromatic rings. The van der Waals surface area contributed by atoms with Crippen LogP contribution in [-0.4, -0.2) is 33.2 Å². The van der Waals surface area contributed by atoms with Gasteiger partial charge in [-0.3, -0.25) is 9.59 Å². The fraction of sp³-hybridized carbons (Fsp3) is 0.375. The molecule has 1 amide bonds. The summed E-state index contributed by atoms with van der Waals surface area (Å²) in [6, 6.07) is 15.9. The SMILES string of the molecule is CC[C@H]1CCCCN1C(=O)Cn1nc(-c2ccc(C)cc2)c2ccccc2c1=O. The average Bonchev–Trinajstić information content (AvgIpc) is 2.76. The molecule has 0 spiro atoms. The van der Waals surface area contributed by atoms with Gasteiger partial charge >= 0.3 is 0 Å². The number of amides is 1. The second-order valence-electron chi connectivity index (χ2n) is 7.87. The van der Waals surface area contributed by atoms with E-state index < -0.39 is 0 Å². The van der Waals surface area contributed by atoms with Crippen LogP contribution in [0.2, 0.25) is 0 Å². The predicted octanol–water partition coefficient (Wildman–Crippen LogP) is 4.16. The Labute approximate surface area is 171 Å². The minimum Gasteiger partial charge on any atom is -0.338 e. The molecule has 0 aliphatic carbocycles. The van der Waals surface area contributed by atoms with Crippen molar-refractivity contribution in [2.45, 2.75) is 52.1 Å². The van der Waals surface area contributed by atoms with E-state index in [4.69, 9.17) is 0 Å². The summed E-state index contributed by atoms with van der Waals surface area (Å²) in [7, 11) is 0. The van der Waals surface area contributed by atoms with Crippen molar-refractivity contribution in [3.8, 4) is 11.3 Å². The van der Waals surface area contributed by atoms with Gasteiger partial charge in [-0.2, -0.15) is 5.10 Å². The van der Waals surface area contributed by atoms with E-state index >= 15 is 0 Å². The number of piperidine rings is 1. The third-order valence-corrected chi connectivity index (χ3v) is 5.90. The van der Waals surface area contributed by atoms with Crippen LogP contribution < -0.4 is 5.56 Å². The van der Waals surface area contributed by atoms with Gasteiger partial charge in [0.15, 0.2) is 0 Å². The molecule has 1 aliphatic heterocycles.